The third-order valence-corrected chi connectivity index (χ3v) is 2.67. The van der Waals surface area contributed by atoms with E-state index in [2.05, 4.69) is 4.74 Å². The van der Waals surface area contributed by atoms with Gasteiger partial charge in [0.1, 0.15) is 0 Å². The number of hydrogen-bond donors (Lipinski definition) is 1. The van der Waals surface area contributed by atoms with Crippen LogP contribution < -0.4 is 0 Å². The van der Waals surface area contributed by atoms with Crippen LogP contribution in [0.4, 0.5) is 0 Å². The van der Waals surface area contributed by atoms with Crippen LogP contribution >= 0.6 is 0 Å². The van der Waals surface area contributed by atoms with E-state index in [1.54, 1.807) is 0 Å². The van der Waals surface area contributed by atoms with Gasteiger partial charge in [0.05, 0.1) is 19.6 Å². The van der Waals surface area contributed by atoms with Crippen LogP contribution in [-0.4, -0.2) is 18.2 Å². The molecule has 0 aliphatic heterocycles. The second-order valence-electron chi connectivity index (χ2n) is 4.11. The molecule has 3 nitrogen and oxygen atoms in total. The molecule has 3 heteroatoms. The Morgan fingerprint density at radius 3 is 2.44 bits per heavy atom. The molecular formula is C13H18O3. The highest BCUT2D eigenvalue weighted by atomic mass is 16.5. The van der Waals surface area contributed by atoms with E-state index in [1.165, 1.54) is 7.11 Å². The lowest BCUT2D eigenvalue weighted by molar-refractivity contribution is -0.142. The first-order chi connectivity index (χ1) is 7.54. The number of aryl methyl sites for hydroxylation is 1. The molecule has 2 unspecified atom stereocenters. The molecule has 1 N–H and O–H groups in total. The SMILES string of the molecule is COC(=O)CC(C)C(O)c1ccc(C)cc1. The minimum absolute atomic E-state index is 0.143. The number of aliphatic hydroxyl groups is 1. The molecule has 1 aromatic carbocycles. The van der Waals surface area contributed by atoms with Crippen molar-refractivity contribution in [3.8, 4) is 0 Å². The second-order valence-corrected chi connectivity index (χ2v) is 4.11. The summed E-state index contributed by atoms with van der Waals surface area (Å²) in [6, 6.07) is 7.66. The Morgan fingerprint density at radius 1 is 1.38 bits per heavy atom. The summed E-state index contributed by atoms with van der Waals surface area (Å²) in [4.78, 5) is 11.1. The molecule has 0 aliphatic carbocycles. The zero-order chi connectivity index (χ0) is 12.1. The standard InChI is InChI=1S/C13H18O3/c1-9-4-6-11(7-5-9)13(15)10(2)8-12(14)16-3/h4-7,10,13,15H,8H2,1-3H3. The summed E-state index contributed by atoms with van der Waals surface area (Å²) in [7, 11) is 1.35. The monoisotopic (exact) mass is 222 g/mol. The molecule has 0 heterocycles. The average Bonchev–Trinajstić information content (AvgIpc) is 2.28. The van der Waals surface area contributed by atoms with Crippen molar-refractivity contribution < 1.29 is 14.6 Å². The fourth-order valence-electron chi connectivity index (χ4n) is 1.55. The van der Waals surface area contributed by atoms with E-state index in [0.29, 0.717) is 0 Å². The van der Waals surface area contributed by atoms with Gasteiger partial charge in [0.2, 0.25) is 0 Å². The molecule has 0 radical (unpaired) electrons. The molecule has 16 heavy (non-hydrogen) atoms. The fourth-order valence-corrected chi connectivity index (χ4v) is 1.55. The minimum Gasteiger partial charge on any atom is -0.469 e. The molecule has 0 saturated carbocycles. The number of methoxy groups -OCH3 is 1. The lowest BCUT2D eigenvalue weighted by Crippen LogP contribution is -2.14. The van der Waals surface area contributed by atoms with E-state index in [-0.39, 0.29) is 18.3 Å². The number of esters is 1. The van der Waals surface area contributed by atoms with E-state index in [9.17, 15) is 9.90 Å². The molecule has 0 spiro atoms. The quantitative estimate of drug-likeness (QED) is 0.795. The van der Waals surface area contributed by atoms with Gasteiger partial charge in [0, 0.05) is 0 Å². The van der Waals surface area contributed by atoms with E-state index in [4.69, 9.17) is 0 Å². The normalized spacial score (nSPS) is 14.2. The van der Waals surface area contributed by atoms with Crippen molar-refractivity contribution in [3.63, 3.8) is 0 Å². The number of carbonyl (C=O) groups is 1. The second kappa shape index (κ2) is 5.66. The summed E-state index contributed by atoms with van der Waals surface area (Å²) in [6.07, 6.45) is -0.398. The summed E-state index contributed by atoms with van der Waals surface area (Å²) in [5.74, 6) is -0.436. The highest BCUT2D eigenvalue weighted by Crippen LogP contribution is 2.24. The number of rotatable bonds is 4. The zero-order valence-electron chi connectivity index (χ0n) is 9.93. The molecule has 0 fully saturated rings. The maximum absolute atomic E-state index is 11.1. The molecule has 1 aromatic rings. The van der Waals surface area contributed by atoms with Gasteiger partial charge in [0.25, 0.3) is 0 Å². The van der Waals surface area contributed by atoms with E-state index in [0.717, 1.165) is 11.1 Å². The van der Waals surface area contributed by atoms with Crippen molar-refractivity contribution in [2.24, 2.45) is 5.92 Å². The van der Waals surface area contributed by atoms with Gasteiger partial charge in [-0.3, -0.25) is 4.79 Å². The number of ether oxygens (including phenoxy) is 1. The number of aliphatic hydroxyl groups excluding tert-OH is 1. The Morgan fingerprint density at radius 2 is 1.94 bits per heavy atom. The number of carbonyl (C=O) groups excluding carboxylic acids is 1. The molecule has 0 amide bonds. The summed E-state index contributed by atoms with van der Waals surface area (Å²) in [5.41, 5.74) is 1.98. The maximum Gasteiger partial charge on any atom is 0.305 e. The molecule has 88 valence electrons. The largest absolute Gasteiger partial charge is 0.469 e. The summed E-state index contributed by atoms with van der Waals surface area (Å²) < 4.78 is 4.58. The van der Waals surface area contributed by atoms with Crippen LogP contribution in [0.15, 0.2) is 24.3 Å². The zero-order valence-corrected chi connectivity index (χ0v) is 9.93. The van der Waals surface area contributed by atoms with Crippen molar-refractivity contribution in [2.75, 3.05) is 7.11 Å². The third kappa shape index (κ3) is 3.35. The summed E-state index contributed by atoms with van der Waals surface area (Å²) >= 11 is 0. The van der Waals surface area contributed by atoms with E-state index in [1.807, 2.05) is 38.1 Å². The average molecular weight is 222 g/mol. The third-order valence-electron chi connectivity index (χ3n) is 2.67. The predicted molar refractivity (Wildman–Crippen MR) is 61.9 cm³/mol. The molecule has 0 saturated heterocycles. The lowest BCUT2D eigenvalue weighted by atomic mass is 9.94. The summed E-state index contributed by atoms with van der Waals surface area (Å²) in [5, 5.41) is 10.0. The maximum atomic E-state index is 11.1. The van der Waals surface area contributed by atoms with Gasteiger partial charge in [0.15, 0.2) is 0 Å². The van der Waals surface area contributed by atoms with Gasteiger partial charge in [-0.2, -0.15) is 0 Å². The van der Waals surface area contributed by atoms with Crippen LogP contribution in [0, 0.1) is 12.8 Å². The number of benzene rings is 1. The van der Waals surface area contributed by atoms with Crippen LogP contribution in [-0.2, 0) is 9.53 Å². The van der Waals surface area contributed by atoms with Crippen molar-refractivity contribution in [2.45, 2.75) is 26.4 Å². The first-order valence-electron chi connectivity index (χ1n) is 5.36. The first kappa shape index (κ1) is 12.7. The predicted octanol–water partition coefficient (Wildman–Crippen LogP) is 2.23. The van der Waals surface area contributed by atoms with E-state index < -0.39 is 6.10 Å². The van der Waals surface area contributed by atoms with Crippen LogP contribution in [0.5, 0.6) is 0 Å². The van der Waals surface area contributed by atoms with Gasteiger partial charge in [-0.15, -0.1) is 0 Å². The molecular weight excluding hydrogens is 204 g/mol. The van der Waals surface area contributed by atoms with Crippen molar-refractivity contribution in [3.05, 3.63) is 35.4 Å². The highest BCUT2D eigenvalue weighted by Gasteiger charge is 2.19. The Balaban J connectivity index is 2.66. The first-order valence-corrected chi connectivity index (χ1v) is 5.36. The summed E-state index contributed by atoms with van der Waals surface area (Å²) in [6.45, 7) is 3.83. The van der Waals surface area contributed by atoms with Crippen LogP contribution in [0.25, 0.3) is 0 Å². The molecule has 0 aliphatic rings. The minimum atomic E-state index is -0.625. The Bertz CT molecular complexity index is 343. The highest BCUT2D eigenvalue weighted by molar-refractivity contribution is 5.69. The van der Waals surface area contributed by atoms with Gasteiger partial charge >= 0.3 is 5.97 Å². The van der Waals surface area contributed by atoms with Crippen molar-refractivity contribution >= 4 is 5.97 Å². The van der Waals surface area contributed by atoms with Crippen LogP contribution in [0.3, 0.4) is 0 Å². The smallest absolute Gasteiger partial charge is 0.305 e. The van der Waals surface area contributed by atoms with Gasteiger partial charge in [-0.25, -0.2) is 0 Å². The van der Waals surface area contributed by atoms with Gasteiger partial charge in [-0.1, -0.05) is 36.8 Å². The molecule has 1 rings (SSSR count). The lowest BCUT2D eigenvalue weighted by Gasteiger charge is -2.18. The Hall–Kier alpha value is -1.35. The Kier molecular flexibility index (Phi) is 4.50. The van der Waals surface area contributed by atoms with Crippen molar-refractivity contribution in [1.82, 2.24) is 0 Å². The van der Waals surface area contributed by atoms with Crippen LogP contribution in [0.2, 0.25) is 0 Å². The number of hydrogen-bond acceptors (Lipinski definition) is 3. The van der Waals surface area contributed by atoms with Crippen molar-refractivity contribution in [1.29, 1.82) is 0 Å². The van der Waals surface area contributed by atoms with Gasteiger partial charge in [-0.05, 0) is 18.4 Å². The fraction of sp³-hybridized carbons (Fsp3) is 0.462. The van der Waals surface area contributed by atoms with E-state index >= 15 is 0 Å². The van der Waals surface area contributed by atoms with Crippen LogP contribution in [0.1, 0.15) is 30.6 Å². The molecule has 0 aromatic heterocycles. The molecule has 0 bridgehead atoms. The Labute approximate surface area is 96.1 Å². The van der Waals surface area contributed by atoms with Gasteiger partial charge < -0.3 is 9.84 Å². The topological polar surface area (TPSA) is 46.5 Å². The molecule has 2 atom stereocenters.